The van der Waals surface area contributed by atoms with E-state index in [1.165, 1.54) is 0 Å². The molecule has 0 aromatic heterocycles. The Bertz CT molecular complexity index is 583. The highest BCUT2D eigenvalue weighted by molar-refractivity contribution is 7.89. The molecule has 0 spiro atoms. The van der Waals surface area contributed by atoms with Crippen LogP contribution in [0, 0.1) is 0 Å². The maximum absolute atomic E-state index is 12.1. The smallest absolute Gasteiger partial charge is 0.237 e. The van der Waals surface area contributed by atoms with E-state index in [1.807, 2.05) is 44.2 Å². The Balaban J connectivity index is 2.59. The molecule has 1 aromatic carbocycles. The summed E-state index contributed by atoms with van der Waals surface area (Å²) in [4.78, 5) is 12.1. The predicted molar refractivity (Wildman–Crippen MR) is 89.2 cm³/mol. The van der Waals surface area contributed by atoms with Crippen molar-refractivity contribution < 1.29 is 13.2 Å². The van der Waals surface area contributed by atoms with Crippen LogP contribution in [0.25, 0.3) is 0 Å². The Morgan fingerprint density at radius 2 is 1.82 bits per heavy atom. The molecule has 0 fully saturated rings. The standard InChI is InChI=1S/C16H26N2O3S/c1-5-11-22(20,21)18-13(2)15(19)17-12-16(3,4)14-9-7-6-8-10-14/h6-10,13,18H,5,11-12H2,1-4H3,(H,17,19). The fourth-order valence-corrected chi connectivity index (χ4v) is 3.40. The van der Waals surface area contributed by atoms with Gasteiger partial charge in [0.1, 0.15) is 0 Å². The molecule has 2 N–H and O–H groups in total. The molecular formula is C16H26N2O3S. The minimum atomic E-state index is -3.39. The molecule has 0 aliphatic heterocycles. The van der Waals surface area contributed by atoms with Gasteiger partial charge in [0, 0.05) is 12.0 Å². The first kappa shape index (κ1) is 18.6. The van der Waals surface area contributed by atoms with Gasteiger partial charge in [0.2, 0.25) is 15.9 Å². The molecule has 1 amide bonds. The SMILES string of the molecule is CCCS(=O)(=O)NC(C)C(=O)NCC(C)(C)c1ccccc1. The molecule has 22 heavy (non-hydrogen) atoms. The van der Waals surface area contributed by atoms with E-state index in [2.05, 4.69) is 10.0 Å². The lowest BCUT2D eigenvalue weighted by molar-refractivity contribution is -0.122. The Morgan fingerprint density at radius 1 is 1.23 bits per heavy atom. The fourth-order valence-electron chi connectivity index (χ4n) is 2.10. The van der Waals surface area contributed by atoms with Crippen molar-refractivity contribution in [2.75, 3.05) is 12.3 Å². The van der Waals surface area contributed by atoms with Crippen molar-refractivity contribution in [3.05, 3.63) is 35.9 Å². The van der Waals surface area contributed by atoms with Gasteiger partial charge in [-0.25, -0.2) is 13.1 Å². The van der Waals surface area contributed by atoms with Gasteiger partial charge in [0.25, 0.3) is 0 Å². The molecular weight excluding hydrogens is 300 g/mol. The van der Waals surface area contributed by atoms with E-state index in [-0.39, 0.29) is 17.1 Å². The number of sulfonamides is 1. The molecule has 0 radical (unpaired) electrons. The van der Waals surface area contributed by atoms with Crippen molar-refractivity contribution >= 4 is 15.9 Å². The van der Waals surface area contributed by atoms with Crippen LogP contribution in [0.5, 0.6) is 0 Å². The second-order valence-electron chi connectivity index (χ2n) is 6.13. The third-order valence-corrected chi connectivity index (χ3v) is 5.14. The van der Waals surface area contributed by atoms with Crippen LogP contribution in [0.4, 0.5) is 0 Å². The van der Waals surface area contributed by atoms with Gasteiger partial charge in [-0.3, -0.25) is 4.79 Å². The normalized spacial score (nSPS) is 13.6. The quantitative estimate of drug-likeness (QED) is 0.765. The van der Waals surface area contributed by atoms with Crippen molar-refractivity contribution in [1.82, 2.24) is 10.0 Å². The van der Waals surface area contributed by atoms with E-state index >= 15 is 0 Å². The van der Waals surface area contributed by atoms with Crippen molar-refractivity contribution in [3.63, 3.8) is 0 Å². The highest BCUT2D eigenvalue weighted by Crippen LogP contribution is 2.21. The lowest BCUT2D eigenvalue weighted by Gasteiger charge is -2.26. The van der Waals surface area contributed by atoms with Gasteiger partial charge in [-0.15, -0.1) is 0 Å². The topological polar surface area (TPSA) is 75.3 Å². The van der Waals surface area contributed by atoms with Crippen LogP contribution in [0.15, 0.2) is 30.3 Å². The highest BCUT2D eigenvalue weighted by Gasteiger charge is 2.24. The van der Waals surface area contributed by atoms with Crippen molar-refractivity contribution in [3.8, 4) is 0 Å². The summed E-state index contributed by atoms with van der Waals surface area (Å²) in [5.74, 6) is -0.288. The van der Waals surface area contributed by atoms with E-state index in [1.54, 1.807) is 13.8 Å². The Kier molecular flexibility index (Phi) is 6.56. The third-order valence-electron chi connectivity index (χ3n) is 3.48. The molecule has 5 nitrogen and oxygen atoms in total. The molecule has 0 saturated heterocycles. The summed E-state index contributed by atoms with van der Waals surface area (Å²) in [6.45, 7) is 7.85. The summed E-state index contributed by atoms with van der Waals surface area (Å²) < 4.78 is 25.7. The summed E-state index contributed by atoms with van der Waals surface area (Å²) in [6, 6.07) is 9.12. The maximum atomic E-state index is 12.1. The summed E-state index contributed by atoms with van der Waals surface area (Å²) in [5.41, 5.74) is 0.897. The van der Waals surface area contributed by atoms with Gasteiger partial charge >= 0.3 is 0 Å². The molecule has 1 unspecified atom stereocenters. The lowest BCUT2D eigenvalue weighted by atomic mass is 9.84. The van der Waals surface area contributed by atoms with Gasteiger partial charge in [-0.1, -0.05) is 51.1 Å². The van der Waals surface area contributed by atoms with Crippen LogP contribution in [0.1, 0.15) is 39.7 Å². The van der Waals surface area contributed by atoms with Crippen LogP contribution < -0.4 is 10.0 Å². The van der Waals surface area contributed by atoms with Crippen LogP contribution in [0.3, 0.4) is 0 Å². The summed E-state index contributed by atoms with van der Waals surface area (Å²) in [7, 11) is -3.39. The largest absolute Gasteiger partial charge is 0.354 e. The van der Waals surface area contributed by atoms with Gasteiger partial charge in [-0.05, 0) is 18.9 Å². The van der Waals surface area contributed by atoms with Crippen LogP contribution in [-0.2, 0) is 20.2 Å². The monoisotopic (exact) mass is 326 g/mol. The average molecular weight is 326 g/mol. The summed E-state index contributed by atoms with van der Waals surface area (Å²) in [6.07, 6.45) is 0.519. The average Bonchev–Trinajstić information content (AvgIpc) is 2.45. The number of nitrogens with one attached hydrogen (secondary N) is 2. The number of benzene rings is 1. The molecule has 1 aromatic rings. The van der Waals surface area contributed by atoms with Gasteiger partial charge < -0.3 is 5.32 Å². The third kappa shape index (κ3) is 5.77. The molecule has 0 bridgehead atoms. The van der Waals surface area contributed by atoms with E-state index < -0.39 is 16.1 Å². The van der Waals surface area contributed by atoms with Gasteiger partial charge in [0.15, 0.2) is 0 Å². The molecule has 1 rings (SSSR count). The first-order chi connectivity index (χ1) is 10.2. The van der Waals surface area contributed by atoms with Gasteiger partial charge in [0.05, 0.1) is 11.8 Å². The van der Waals surface area contributed by atoms with E-state index in [4.69, 9.17) is 0 Å². The number of carbonyl (C=O) groups is 1. The van der Waals surface area contributed by atoms with Gasteiger partial charge in [-0.2, -0.15) is 0 Å². The molecule has 1 atom stereocenters. The van der Waals surface area contributed by atoms with E-state index in [0.717, 1.165) is 5.56 Å². The molecule has 124 valence electrons. The van der Waals surface area contributed by atoms with Crippen molar-refractivity contribution in [2.24, 2.45) is 0 Å². The van der Waals surface area contributed by atoms with E-state index in [9.17, 15) is 13.2 Å². The van der Waals surface area contributed by atoms with Crippen LogP contribution in [0.2, 0.25) is 0 Å². The number of hydrogen-bond acceptors (Lipinski definition) is 3. The second kappa shape index (κ2) is 7.74. The van der Waals surface area contributed by atoms with Crippen LogP contribution in [-0.4, -0.2) is 32.7 Å². The lowest BCUT2D eigenvalue weighted by Crippen LogP contribution is -2.48. The fraction of sp³-hybridized carbons (Fsp3) is 0.562. The number of rotatable bonds is 8. The molecule has 0 aliphatic rings. The first-order valence-electron chi connectivity index (χ1n) is 7.51. The zero-order valence-electron chi connectivity index (χ0n) is 13.7. The zero-order valence-corrected chi connectivity index (χ0v) is 14.5. The number of hydrogen-bond donors (Lipinski definition) is 2. The Morgan fingerprint density at radius 3 is 2.36 bits per heavy atom. The molecule has 0 saturated carbocycles. The molecule has 6 heteroatoms. The minimum absolute atomic E-state index is 0.0279. The highest BCUT2D eigenvalue weighted by atomic mass is 32.2. The molecule has 0 heterocycles. The zero-order chi connectivity index (χ0) is 16.8. The maximum Gasteiger partial charge on any atom is 0.237 e. The first-order valence-corrected chi connectivity index (χ1v) is 9.16. The number of carbonyl (C=O) groups excluding carboxylic acids is 1. The molecule has 0 aliphatic carbocycles. The van der Waals surface area contributed by atoms with Crippen molar-refractivity contribution in [2.45, 2.75) is 45.6 Å². The Hall–Kier alpha value is -1.40. The van der Waals surface area contributed by atoms with Crippen LogP contribution >= 0.6 is 0 Å². The second-order valence-corrected chi connectivity index (χ2v) is 8.00. The minimum Gasteiger partial charge on any atom is -0.354 e. The number of amides is 1. The van der Waals surface area contributed by atoms with E-state index in [0.29, 0.717) is 13.0 Å². The predicted octanol–water partition coefficient (Wildman–Crippen LogP) is 1.80. The summed E-state index contributed by atoms with van der Waals surface area (Å²) in [5, 5.41) is 2.82. The summed E-state index contributed by atoms with van der Waals surface area (Å²) >= 11 is 0. The Labute approximate surface area is 133 Å². The van der Waals surface area contributed by atoms with Crippen molar-refractivity contribution in [1.29, 1.82) is 0 Å².